The summed E-state index contributed by atoms with van der Waals surface area (Å²) < 4.78 is 10.3. The Morgan fingerprint density at radius 1 is 1.67 bits per heavy atom. The second-order valence-corrected chi connectivity index (χ2v) is 3.66. The van der Waals surface area contributed by atoms with Crippen molar-refractivity contribution in [3.63, 3.8) is 0 Å². The van der Waals surface area contributed by atoms with Gasteiger partial charge in [0.2, 0.25) is 0 Å². The summed E-state index contributed by atoms with van der Waals surface area (Å²) in [6, 6.07) is 0. The van der Waals surface area contributed by atoms with Gasteiger partial charge in [0.05, 0.1) is 12.2 Å². The van der Waals surface area contributed by atoms with Crippen LogP contribution in [0.25, 0.3) is 0 Å². The highest BCUT2D eigenvalue weighted by Gasteiger charge is 2.36. The van der Waals surface area contributed by atoms with E-state index in [1.807, 2.05) is 13.8 Å². The molecule has 0 N–H and O–H groups in total. The van der Waals surface area contributed by atoms with Crippen LogP contribution in [0.3, 0.4) is 0 Å². The molecular weight excluding hydrogens is 156 g/mol. The van der Waals surface area contributed by atoms with Crippen LogP contribution >= 0.6 is 0 Å². The highest BCUT2D eigenvalue weighted by Crippen LogP contribution is 2.29. The predicted octanol–water partition coefficient (Wildman–Crippen LogP) is 1.51. The van der Waals surface area contributed by atoms with Gasteiger partial charge in [-0.1, -0.05) is 0 Å². The third-order valence-electron chi connectivity index (χ3n) is 2.02. The van der Waals surface area contributed by atoms with Crippen molar-refractivity contribution in [1.82, 2.24) is 0 Å². The average Bonchev–Trinajstić information content (AvgIpc) is 2.31. The van der Waals surface area contributed by atoms with Gasteiger partial charge in [-0.3, -0.25) is 0 Å². The molecule has 0 bridgehead atoms. The topological polar surface area (TPSA) is 35.5 Å². The monoisotopic (exact) mass is 172 g/mol. The normalized spacial score (nSPS) is 27.1. The van der Waals surface area contributed by atoms with Crippen molar-refractivity contribution >= 4 is 5.97 Å². The zero-order valence-corrected chi connectivity index (χ0v) is 7.92. The quantitative estimate of drug-likeness (QED) is 0.592. The van der Waals surface area contributed by atoms with E-state index in [9.17, 15) is 4.79 Å². The second kappa shape index (κ2) is 3.44. The second-order valence-electron chi connectivity index (χ2n) is 3.66. The lowest BCUT2D eigenvalue weighted by atomic mass is 10.1. The number of carbonyl (C=O) groups excluding carboxylic acids is 1. The molecule has 1 aliphatic rings. The fourth-order valence-electron chi connectivity index (χ4n) is 1.38. The van der Waals surface area contributed by atoms with Crippen LogP contribution in [0.5, 0.6) is 0 Å². The lowest BCUT2D eigenvalue weighted by molar-refractivity contribution is -0.158. The van der Waals surface area contributed by atoms with Crippen molar-refractivity contribution in [2.45, 2.75) is 45.3 Å². The summed E-state index contributed by atoms with van der Waals surface area (Å²) in [6.45, 7) is 6.22. The van der Waals surface area contributed by atoms with Gasteiger partial charge < -0.3 is 9.47 Å². The van der Waals surface area contributed by atoms with Gasteiger partial charge in [-0.05, 0) is 33.6 Å². The molecule has 1 fully saturated rings. The molecule has 0 aliphatic carbocycles. The Morgan fingerprint density at radius 3 is 2.75 bits per heavy atom. The highest BCUT2D eigenvalue weighted by atomic mass is 16.6. The molecule has 70 valence electrons. The van der Waals surface area contributed by atoms with Crippen LogP contribution in [0.1, 0.15) is 33.6 Å². The van der Waals surface area contributed by atoms with Crippen LogP contribution in [-0.2, 0) is 14.3 Å². The SMILES string of the molecule is CCOC(=O)[C@H]1CCC(C)(C)O1. The Kier molecular flexibility index (Phi) is 2.73. The Morgan fingerprint density at radius 2 is 2.33 bits per heavy atom. The first kappa shape index (κ1) is 9.52. The van der Waals surface area contributed by atoms with E-state index >= 15 is 0 Å². The van der Waals surface area contributed by atoms with Crippen molar-refractivity contribution in [1.29, 1.82) is 0 Å². The summed E-state index contributed by atoms with van der Waals surface area (Å²) in [5.41, 5.74) is -0.155. The summed E-state index contributed by atoms with van der Waals surface area (Å²) in [5, 5.41) is 0. The van der Waals surface area contributed by atoms with E-state index in [1.54, 1.807) is 6.92 Å². The molecule has 0 aromatic carbocycles. The lowest BCUT2D eigenvalue weighted by Gasteiger charge is -2.17. The smallest absolute Gasteiger partial charge is 0.335 e. The molecule has 0 unspecified atom stereocenters. The molecule has 0 spiro atoms. The first-order valence-electron chi connectivity index (χ1n) is 4.39. The van der Waals surface area contributed by atoms with Gasteiger partial charge in [-0.15, -0.1) is 0 Å². The maximum absolute atomic E-state index is 11.2. The standard InChI is InChI=1S/C9H16O3/c1-4-11-8(10)7-5-6-9(2,3)12-7/h7H,4-6H2,1-3H3/t7-/m1/s1. The summed E-state index contributed by atoms with van der Waals surface area (Å²) in [7, 11) is 0. The Hall–Kier alpha value is -0.570. The molecule has 0 aromatic rings. The number of ether oxygens (including phenoxy) is 2. The Bertz CT molecular complexity index is 175. The van der Waals surface area contributed by atoms with Crippen molar-refractivity contribution in [3.8, 4) is 0 Å². The van der Waals surface area contributed by atoms with E-state index in [4.69, 9.17) is 9.47 Å². The molecule has 1 rings (SSSR count). The van der Waals surface area contributed by atoms with Crippen LogP contribution < -0.4 is 0 Å². The van der Waals surface area contributed by atoms with Gasteiger partial charge in [0.1, 0.15) is 0 Å². The zero-order valence-electron chi connectivity index (χ0n) is 7.92. The van der Waals surface area contributed by atoms with Gasteiger partial charge in [0.25, 0.3) is 0 Å². The number of rotatable bonds is 2. The summed E-state index contributed by atoms with van der Waals surface area (Å²) in [4.78, 5) is 11.2. The molecular formula is C9H16O3. The van der Waals surface area contributed by atoms with Gasteiger partial charge >= 0.3 is 5.97 Å². The number of hydrogen-bond acceptors (Lipinski definition) is 3. The minimum Gasteiger partial charge on any atom is -0.464 e. The van der Waals surface area contributed by atoms with Gasteiger partial charge in [0, 0.05) is 0 Å². The number of hydrogen-bond donors (Lipinski definition) is 0. The third kappa shape index (κ3) is 2.21. The van der Waals surface area contributed by atoms with Gasteiger partial charge in [-0.25, -0.2) is 4.79 Å². The molecule has 3 heteroatoms. The summed E-state index contributed by atoms with van der Waals surface area (Å²) >= 11 is 0. The molecule has 0 radical (unpaired) electrons. The van der Waals surface area contributed by atoms with Crippen LogP contribution in [0.2, 0.25) is 0 Å². The van der Waals surface area contributed by atoms with Gasteiger partial charge in [-0.2, -0.15) is 0 Å². The van der Waals surface area contributed by atoms with Gasteiger partial charge in [0.15, 0.2) is 6.10 Å². The van der Waals surface area contributed by atoms with E-state index in [2.05, 4.69) is 0 Å². The highest BCUT2D eigenvalue weighted by molar-refractivity contribution is 5.75. The maximum Gasteiger partial charge on any atom is 0.335 e. The van der Waals surface area contributed by atoms with E-state index in [-0.39, 0.29) is 17.7 Å². The largest absolute Gasteiger partial charge is 0.464 e. The van der Waals surface area contributed by atoms with E-state index in [1.165, 1.54) is 0 Å². The molecule has 1 atom stereocenters. The minimum absolute atomic E-state index is 0.155. The first-order chi connectivity index (χ1) is 5.55. The average molecular weight is 172 g/mol. The fraction of sp³-hybridized carbons (Fsp3) is 0.889. The van der Waals surface area contributed by atoms with Crippen LogP contribution in [0.4, 0.5) is 0 Å². The Balaban J connectivity index is 2.41. The van der Waals surface area contributed by atoms with Crippen molar-refractivity contribution in [2.75, 3.05) is 6.61 Å². The molecule has 0 amide bonds. The predicted molar refractivity (Wildman–Crippen MR) is 44.8 cm³/mol. The third-order valence-corrected chi connectivity index (χ3v) is 2.02. The minimum atomic E-state index is -0.333. The summed E-state index contributed by atoms with van der Waals surface area (Å²) in [6.07, 6.45) is 1.38. The molecule has 12 heavy (non-hydrogen) atoms. The van der Waals surface area contributed by atoms with Crippen molar-refractivity contribution < 1.29 is 14.3 Å². The molecule has 0 aromatic heterocycles. The van der Waals surface area contributed by atoms with Crippen LogP contribution in [0.15, 0.2) is 0 Å². The van der Waals surface area contributed by atoms with Crippen LogP contribution in [-0.4, -0.2) is 24.3 Å². The molecule has 0 saturated carbocycles. The van der Waals surface area contributed by atoms with Crippen LogP contribution in [0, 0.1) is 0 Å². The maximum atomic E-state index is 11.2. The van der Waals surface area contributed by atoms with E-state index in [0.29, 0.717) is 6.61 Å². The molecule has 1 heterocycles. The lowest BCUT2D eigenvalue weighted by Crippen LogP contribution is -2.27. The van der Waals surface area contributed by atoms with Crippen molar-refractivity contribution in [2.24, 2.45) is 0 Å². The number of esters is 1. The summed E-state index contributed by atoms with van der Waals surface area (Å²) in [5.74, 6) is -0.219. The first-order valence-corrected chi connectivity index (χ1v) is 4.39. The zero-order chi connectivity index (χ0) is 9.19. The molecule has 1 saturated heterocycles. The number of carbonyl (C=O) groups is 1. The fourth-order valence-corrected chi connectivity index (χ4v) is 1.38. The molecule has 1 aliphatic heterocycles. The van der Waals surface area contributed by atoms with Crippen molar-refractivity contribution in [3.05, 3.63) is 0 Å². The molecule has 3 nitrogen and oxygen atoms in total. The van der Waals surface area contributed by atoms with E-state index < -0.39 is 0 Å². The van der Waals surface area contributed by atoms with E-state index in [0.717, 1.165) is 12.8 Å². The Labute approximate surface area is 73.0 Å².